The van der Waals surface area contributed by atoms with Crippen molar-refractivity contribution in [1.82, 2.24) is 5.32 Å². The van der Waals surface area contributed by atoms with Gasteiger partial charge in [-0.25, -0.2) is 0 Å². The minimum absolute atomic E-state index is 0.112. The lowest BCUT2D eigenvalue weighted by Gasteiger charge is -2.26. The predicted octanol–water partition coefficient (Wildman–Crippen LogP) is 3.58. The molecule has 1 amide bonds. The summed E-state index contributed by atoms with van der Waals surface area (Å²) in [7, 11) is 0. The van der Waals surface area contributed by atoms with Crippen LogP contribution in [0, 0.1) is 0 Å². The zero-order chi connectivity index (χ0) is 12.5. The molecule has 18 heavy (non-hydrogen) atoms. The largest absolute Gasteiger partial charge is 0.351 e. The summed E-state index contributed by atoms with van der Waals surface area (Å²) in [5.41, 5.74) is 3.51. The summed E-state index contributed by atoms with van der Waals surface area (Å²) < 4.78 is 0. The van der Waals surface area contributed by atoms with Gasteiger partial charge in [-0.2, -0.15) is 0 Å². The molecule has 0 spiro atoms. The van der Waals surface area contributed by atoms with E-state index in [4.69, 9.17) is 0 Å². The van der Waals surface area contributed by atoms with E-state index in [1.165, 1.54) is 43.2 Å². The molecule has 1 heterocycles. The zero-order valence-corrected chi connectivity index (χ0v) is 11.0. The Morgan fingerprint density at radius 1 is 1.17 bits per heavy atom. The number of hydrogen-bond acceptors (Lipinski definition) is 1. The molecule has 1 unspecified atom stereocenters. The molecule has 1 saturated carbocycles. The number of amides is 1. The van der Waals surface area contributed by atoms with Crippen molar-refractivity contribution in [2.24, 2.45) is 0 Å². The quantitative estimate of drug-likeness (QED) is 0.802. The van der Waals surface area contributed by atoms with Crippen LogP contribution in [0.25, 0.3) is 0 Å². The van der Waals surface area contributed by atoms with E-state index in [0.717, 1.165) is 12.1 Å². The SMILES string of the molecule is CC1CNC(=O)c2cc(C3CCCCC3)ccc21. The number of hydrogen-bond donors (Lipinski definition) is 1. The van der Waals surface area contributed by atoms with E-state index in [9.17, 15) is 4.79 Å². The number of rotatable bonds is 1. The van der Waals surface area contributed by atoms with Crippen molar-refractivity contribution in [2.75, 3.05) is 6.54 Å². The third kappa shape index (κ3) is 2.05. The second-order valence-corrected chi connectivity index (χ2v) is 5.79. The van der Waals surface area contributed by atoms with Crippen LogP contribution >= 0.6 is 0 Å². The van der Waals surface area contributed by atoms with Gasteiger partial charge in [0, 0.05) is 12.1 Å². The summed E-state index contributed by atoms with van der Waals surface area (Å²) in [5.74, 6) is 1.23. The maximum atomic E-state index is 12.0. The van der Waals surface area contributed by atoms with E-state index < -0.39 is 0 Å². The van der Waals surface area contributed by atoms with Crippen molar-refractivity contribution in [3.63, 3.8) is 0 Å². The topological polar surface area (TPSA) is 29.1 Å². The van der Waals surface area contributed by atoms with E-state index in [1.807, 2.05) is 0 Å². The first-order chi connectivity index (χ1) is 8.75. The third-order valence-electron chi connectivity index (χ3n) is 4.50. The Kier molecular flexibility index (Phi) is 3.11. The molecule has 2 aliphatic rings. The molecule has 1 fully saturated rings. The van der Waals surface area contributed by atoms with Crippen molar-refractivity contribution in [3.05, 3.63) is 34.9 Å². The average Bonchev–Trinajstić information content (AvgIpc) is 2.44. The van der Waals surface area contributed by atoms with Crippen LogP contribution in [0.2, 0.25) is 0 Å². The van der Waals surface area contributed by atoms with Gasteiger partial charge >= 0.3 is 0 Å². The van der Waals surface area contributed by atoms with Gasteiger partial charge in [-0.15, -0.1) is 0 Å². The van der Waals surface area contributed by atoms with Crippen LogP contribution in [0.4, 0.5) is 0 Å². The van der Waals surface area contributed by atoms with E-state index in [0.29, 0.717) is 11.8 Å². The Hall–Kier alpha value is -1.31. The van der Waals surface area contributed by atoms with Gasteiger partial charge < -0.3 is 5.32 Å². The van der Waals surface area contributed by atoms with Crippen LogP contribution in [0.3, 0.4) is 0 Å². The highest BCUT2D eigenvalue weighted by Crippen LogP contribution is 2.35. The Morgan fingerprint density at radius 3 is 2.72 bits per heavy atom. The van der Waals surface area contributed by atoms with Gasteiger partial charge in [0.1, 0.15) is 0 Å². The monoisotopic (exact) mass is 243 g/mol. The van der Waals surface area contributed by atoms with Gasteiger partial charge in [0.15, 0.2) is 0 Å². The molecule has 0 saturated heterocycles. The van der Waals surface area contributed by atoms with Gasteiger partial charge in [0.2, 0.25) is 0 Å². The molecular weight excluding hydrogens is 222 g/mol. The molecule has 1 aliphatic carbocycles. The third-order valence-corrected chi connectivity index (χ3v) is 4.50. The summed E-state index contributed by atoms with van der Waals surface area (Å²) in [4.78, 5) is 12.0. The lowest BCUT2D eigenvalue weighted by molar-refractivity contribution is 0.0941. The first kappa shape index (κ1) is 11.8. The highest BCUT2D eigenvalue weighted by Gasteiger charge is 2.24. The summed E-state index contributed by atoms with van der Waals surface area (Å²) in [5, 5.41) is 2.98. The number of fused-ring (bicyclic) bond motifs is 1. The molecule has 2 nitrogen and oxygen atoms in total. The fraction of sp³-hybridized carbons (Fsp3) is 0.562. The molecular formula is C16H21NO. The summed E-state index contributed by atoms with van der Waals surface area (Å²) in [6.45, 7) is 2.95. The Balaban J connectivity index is 1.94. The number of carbonyl (C=O) groups excluding carboxylic acids is 1. The number of carbonyl (C=O) groups is 1. The standard InChI is InChI=1S/C16H21NO/c1-11-10-17-16(18)15-9-13(7-8-14(11)15)12-5-3-2-4-6-12/h7-9,11-12H,2-6,10H2,1H3,(H,17,18). The highest BCUT2D eigenvalue weighted by molar-refractivity contribution is 5.97. The maximum absolute atomic E-state index is 12.0. The van der Waals surface area contributed by atoms with E-state index >= 15 is 0 Å². The fourth-order valence-corrected chi connectivity index (χ4v) is 3.34. The molecule has 1 N–H and O–H groups in total. The van der Waals surface area contributed by atoms with E-state index in [-0.39, 0.29) is 5.91 Å². The number of benzene rings is 1. The minimum atomic E-state index is 0.112. The molecule has 1 atom stereocenters. The van der Waals surface area contributed by atoms with Crippen LogP contribution in [-0.2, 0) is 0 Å². The van der Waals surface area contributed by atoms with E-state index in [1.54, 1.807) is 0 Å². The fourth-order valence-electron chi connectivity index (χ4n) is 3.34. The Labute approximate surface area is 109 Å². The maximum Gasteiger partial charge on any atom is 0.251 e. The molecule has 0 radical (unpaired) electrons. The second kappa shape index (κ2) is 4.75. The summed E-state index contributed by atoms with van der Waals surface area (Å²) >= 11 is 0. The van der Waals surface area contributed by atoms with Gasteiger partial charge in [0.25, 0.3) is 5.91 Å². The molecule has 0 bridgehead atoms. The van der Waals surface area contributed by atoms with Crippen LogP contribution in [-0.4, -0.2) is 12.5 Å². The Morgan fingerprint density at radius 2 is 1.94 bits per heavy atom. The smallest absolute Gasteiger partial charge is 0.251 e. The first-order valence-corrected chi connectivity index (χ1v) is 7.18. The average molecular weight is 243 g/mol. The molecule has 1 aliphatic heterocycles. The molecule has 1 aromatic rings. The summed E-state index contributed by atoms with van der Waals surface area (Å²) in [6, 6.07) is 6.59. The van der Waals surface area contributed by atoms with Crippen molar-refractivity contribution in [3.8, 4) is 0 Å². The lowest BCUT2D eigenvalue weighted by atomic mass is 9.81. The van der Waals surface area contributed by atoms with E-state index in [2.05, 4.69) is 30.4 Å². The normalized spacial score (nSPS) is 24.5. The number of nitrogens with one attached hydrogen (secondary N) is 1. The molecule has 96 valence electrons. The molecule has 2 heteroatoms. The second-order valence-electron chi connectivity index (χ2n) is 5.79. The molecule has 0 aromatic heterocycles. The van der Waals surface area contributed by atoms with Gasteiger partial charge in [-0.05, 0) is 41.9 Å². The van der Waals surface area contributed by atoms with Crippen LogP contribution in [0.15, 0.2) is 18.2 Å². The van der Waals surface area contributed by atoms with Crippen molar-refractivity contribution >= 4 is 5.91 Å². The van der Waals surface area contributed by atoms with Crippen LogP contribution < -0.4 is 5.32 Å². The van der Waals surface area contributed by atoms with Crippen molar-refractivity contribution in [1.29, 1.82) is 0 Å². The van der Waals surface area contributed by atoms with Crippen LogP contribution in [0.5, 0.6) is 0 Å². The van der Waals surface area contributed by atoms with Gasteiger partial charge in [-0.3, -0.25) is 4.79 Å². The predicted molar refractivity (Wildman–Crippen MR) is 73.0 cm³/mol. The van der Waals surface area contributed by atoms with Crippen molar-refractivity contribution < 1.29 is 4.79 Å². The van der Waals surface area contributed by atoms with Gasteiger partial charge in [0.05, 0.1) is 0 Å². The first-order valence-electron chi connectivity index (χ1n) is 7.18. The van der Waals surface area contributed by atoms with Crippen LogP contribution in [0.1, 0.15) is 72.3 Å². The molecule has 1 aromatic carbocycles. The minimum Gasteiger partial charge on any atom is -0.351 e. The summed E-state index contributed by atoms with van der Waals surface area (Å²) in [6.07, 6.45) is 6.62. The lowest BCUT2D eigenvalue weighted by Crippen LogP contribution is -2.34. The highest BCUT2D eigenvalue weighted by atomic mass is 16.1. The Bertz CT molecular complexity index is 460. The molecule has 3 rings (SSSR count). The van der Waals surface area contributed by atoms with Gasteiger partial charge in [-0.1, -0.05) is 38.3 Å². The zero-order valence-electron chi connectivity index (χ0n) is 11.0. The van der Waals surface area contributed by atoms with Crippen molar-refractivity contribution in [2.45, 2.75) is 50.9 Å².